The number of piperidine rings is 1. The number of hydrogen-bond acceptors (Lipinski definition) is 6. The van der Waals surface area contributed by atoms with E-state index in [9.17, 15) is 19.5 Å². The minimum absolute atomic E-state index is 0.190. The highest BCUT2D eigenvalue weighted by Crippen LogP contribution is 2.59. The molecule has 6 rings (SSSR count). The number of hydrogen-bond donors (Lipinski definition) is 1. The van der Waals surface area contributed by atoms with Crippen molar-refractivity contribution in [2.45, 2.75) is 40.0 Å². The molecule has 3 aromatic heterocycles. The van der Waals surface area contributed by atoms with Gasteiger partial charge in [0.05, 0.1) is 33.9 Å². The van der Waals surface area contributed by atoms with Crippen molar-refractivity contribution in [2.75, 3.05) is 4.90 Å². The summed E-state index contributed by atoms with van der Waals surface area (Å²) in [5.74, 6) is -1.67. The van der Waals surface area contributed by atoms with Crippen LogP contribution in [0.2, 0.25) is 0 Å². The molecular formula is C33H30N4O4. The van der Waals surface area contributed by atoms with Gasteiger partial charge in [-0.25, -0.2) is 9.88 Å². The van der Waals surface area contributed by atoms with E-state index in [0.29, 0.717) is 23.5 Å². The van der Waals surface area contributed by atoms with Gasteiger partial charge < -0.3 is 5.11 Å². The Hall–Kier alpha value is -4.72. The highest BCUT2D eigenvalue weighted by Gasteiger charge is 2.63. The Balaban J connectivity index is 1.38. The molecule has 1 aliphatic carbocycles. The molecule has 41 heavy (non-hydrogen) atoms. The van der Waals surface area contributed by atoms with E-state index in [2.05, 4.69) is 9.97 Å². The van der Waals surface area contributed by atoms with Gasteiger partial charge in [-0.3, -0.25) is 24.4 Å². The highest BCUT2D eigenvalue weighted by atomic mass is 16.4. The maximum absolute atomic E-state index is 13.8. The summed E-state index contributed by atoms with van der Waals surface area (Å²) in [5.41, 5.74) is 2.05. The van der Waals surface area contributed by atoms with Gasteiger partial charge in [-0.15, -0.1) is 0 Å². The maximum atomic E-state index is 13.8. The summed E-state index contributed by atoms with van der Waals surface area (Å²) in [6, 6.07) is 22.6. The van der Waals surface area contributed by atoms with E-state index < -0.39 is 22.2 Å². The number of carboxylic acid groups (broad SMARTS) is 1. The molecule has 1 N–H and O–H groups in total. The molecule has 2 fully saturated rings. The SMILES string of the molecule is CC1(C(=O)O)C[C@@]2(C)C[C@@](C)(C1)C(=O)N(c1ccc(-c3cc(-c4ccccn4)nc(-c4ccccn4)c3)cc1)C2=O. The average Bonchev–Trinajstić information content (AvgIpc) is 2.97. The molecule has 8 nitrogen and oxygen atoms in total. The fourth-order valence-electron chi connectivity index (χ4n) is 6.88. The monoisotopic (exact) mass is 546 g/mol. The van der Waals surface area contributed by atoms with E-state index in [1.807, 2.05) is 60.7 Å². The van der Waals surface area contributed by atoms with E-state index in [1.54, 1.807) is 45.3 Å². The standard InChI is InChI=1S/C33H30N4O4/c1-31-18-32(2,20-33(3,19-31)30(40)41)29(39)37(28(31)38)23-12-10-21(11-13-23)22-16-26(24-8-4-6-14-34-24)36-27(17-22)25-9-5-7-15-35-25/h4-17H,18-20H2,1-3H3,(H,40,41)/t31-,32+,33?. The first-order valence-electron chi connectivity index (χ1n) is 13.6. The Morgan fingerprint density at radius 1 is 0.707 bits per heavy atom. The van der Waals surface area contributed by atoms with E-state index in [4.69, 9.17) is 4.98 Å². The Kier molecular flexibility index (Phi) is 6.10. The number of nitrogens with zero attached hydrogens (tertiary/aromatic N) is 4. The third-order valence-corrected chi connectivity index (χ3v) is 8.43. The van der Waals surface area contributed by atoms with Crippen molar-refractivity contribution in [2.24, 2.45) is 16.2 Å². The van der Waals surface area contributed by atoms with Crippen LogP contribution in [0.5, 0.6) is 0 Å². The second kappa shape index (κ2) is 9.44. The molecule has 0 radical (unpaired) electrons. The second-order valence-electron chi connectivity index (χ2n) is 12.1. The van der Waals surface area contributed by atoms with E-state index >= 15 is 0 Å². The van der Waals surface area contributed by atoms with Gasteiger partial charge in [0.25, 0.3) is 0 Å². The van der Waals surface area contributed by atoms with Gasteiger partial charge in [0.2, 0.25) is 11.8 Å². The van der Waals surface area contributed by atoms with E-state index in [0.717, 1.165) is 22.5 Å². The fraction of sp³-hybridized carbons (Fsp3) is 0.273. The van der Waals surface area contributed by atoms with Crippen LogP contribution < -0.4 is 4.90 Å². The molecule has 1 aromatic carbocycles. The molecule has 0 spiro atoms. The summed E-state index contributed by atoms with van der Waals surface area (Å²) in [6.07, 6.45) is 4.17. The summed E-state index contributed by atoms with van der Waals surface area (Å²) in [6.45, 7) is 5.22. The van der Waals surface area contributed by atoms with Crippen LogP contribution in [-0.4, -0.2) is 37.8 Å². The van der Waals surface area contributed by atoms with Crippen molar-refractivity contribution in [3.05, 3.63) is 85.2 Å². The summed E-state index contributed by atoms with van der Waals surface area (Å²) < 4.78 is 0. The van der Waals surface area contributed by atoms with Crippen molar-refractivity contribution >= 4 is 23.5 Å². The minimum Gasteiger partial charge on any atom is -0.481 e. The lowest BCUT2D eigenvalue weighted by Crippen LogP contribution is -2.64. The predicted molar refractivity (Wildman–Crippen MR) is 154 cm³/mol. The van der Waals surface area contributed by atoms with Gasteiger partial charge in [0, 0.05) is 23.2 Å². The number of carbonyl (C=O) groups is 3. The van der Waals surface area contributed by atoms with Gasteiger partial charge >= 0.3 is 5.97 Å². The Morgan fingerprint density at radius 2 is 1.22 bits per heavy atom. The van der Waals surface area contributed by atoms with Crippen LogP contribution in [0.3, 0.4) is 0 Å². The molecule has 206 valence electrons. The quantitative estimate of drug-likeness (QED) is 0.304. The first-order valence-corrected chi connectivity index (χ1v) is 13.6. The van der Waals surface area contributed by atoms with E-state index in [1.165, 1.54) is 4.90 Å². The van der Waals surface area contributed by atoms with Crippen LogP contribution in [0.25, 0.3) is 33.9 Å². The molecule has 4 heterocycles. The lowest BCUT2D eigenvalue weighted by atomic mass is 9.52. The molecule has 2 bridgehead atoms. The normalized spacial score (nSPS) is 25.7. The zero-order valence-electron chi connectivity index (χ0n) is 23.2. The molecule has 3 atom stereocenters. The number of anilines is 1. The van der Waals surface area contributed by atoms with Crippen LogP contribution in [0.4, 0.5) is 5.69 Å². The number of amides is 2. The van der Waals surface area contributed by atoms with Crippen LogP contribution in [0.1, 0.15) is 40.0 Å². The zero-order chi connectivity index (χ0) is 29.0. The summed E-state index contributed by atoms with van der Waals surface area (Å²) in [7, 11) is 0. The first kappa shape index (κ1) is 26.5. The molecule has 8 heteroatoms. The van der Waals surface area contributed by atoms with Crippen molar-refractivity contribution in [3.63, 3.8) is 0 Å². The van der Waals surface area contributed by atoms with Gasteiger partial charge in [-0.1, -0.05) is 38.1 Å². The lowest BCUT2D eigenvalue weighted by Gasteiger charge is -2.55. The zero-order valence-corrected chi connectivity index (χ0v) is 23.2. The molecule has 4 aromatic rings. The van der Waals surface area contributed by atoms with Crippen molar-refractivity contribution in [3.8, 4) is 33.9 Å². The Labute approximate surface area is 238 Å². The van der Waals surface area contributed by atoms with Gasteiger partial charge in [-0.05, 0) is 85.8 Å². The molecule has 1 unspecified atom stereocenters. The van der Waals surface area contributed by atoms with E-state index in [-0.39, 0.29) is 24.7 Å². The van der Waals surface area contributed by atoms with Gasteiger partial charge in [0.1, 0.15) is 0 Å². The smallest absolute Gasteiger partial charge is 0.309 e. The highest BCUT2D eigenvalue weighted by molar-refractivity contribution is 6.21. The number of carboxylic acids is 1. The molecule has 2 amide bonds. The third-order valence-electron chi connectivity index (χ3n) is 8.43. The molecular weight excluding hydrogens is 516 g/mol. The first-order chi connectivity index (χ1) is 19.5. The minimum atomic E-state index is -1.14. The number of benzene rings is 1. The maximum Gasteiger partial charge on any atom is 0.309 e. The number of pyridine rings is 3. The van der Waals surface area contributed by atoms with Crippen molar-refractivity contribution in [1.29, 1.82) is 0 Å². The van der Waals surface area contributed by atoms with Gasteiger partial charge in [-0.2, -0.15) is 0 Å². The lowest BCUT2D eigenvalue weighted by molar-refractivity contribution is -0.167. The summed E-state index contributed by atoms with van der Waals surface area (Å²) >= 11 is 0. The molecule has 1 saturated carbocycles. The van der Waals surface area contributed by atoms with Crippen LogP contribution in [0, 0.1) is 16.2 Å². The number of aliphatic carboxylic acids is 1. The predicted octanol–water partition coefficient (Wildman–Crippen LogP) is 6.03. The summed E-state index contributed by atoms with van der Waals surface area (Å²) in [4.78, 5) is 54.7. The fourth-order valence-corrected chi connectivity index (χ4v) is 6.88. The van der Waals surface area contributed by atoms with Crippen LogP contribution >= 0.6 is 0 Å². The number of imide groups is 1. The Bertz CT molecular complexity index is 1590. The molecule has 1 saturated heterocycles. The molecule has 1 aliphatic heterocycles. The second-order valence-corrected chi connectivity index (χ2v) is 12.1. The molecule has 2 aliphatic rings. The van der Waals surface area contributed by atoms with Crippen LogP contribution in [-0.2, 0) is 14.4 Å². The number of rotatable bonds is 5. The largest absolute Gasteiger partial charge is 0.481 e. The van der Waals surface area contributed by atoms with Crippen molar-refractivity contribution in [1.82, 2.24) is 15.0 Å². The average molecular weight is 547 g/mol. The van der Waals surface area contributed by atoms with Gasteiger partial charge in [0.15, 0.2) is 0 Å². The van der Waals surface area contributed by atoms with Crippen molar-refractivity contribution < 1.29 is 19.5 Å². The topological polar surface area (TPSA) is 113 Å². The summed E-state index contributed by atoms with van der Waals surface area (Å²) in [5, 5.41) is 9.91. The third kappa shape index (κ3) is 4.49. The number of fused-ring (bicyclic) bond motifs is 2. The number of aromatic nitrogens is 3. The van der Waals surface area contributed by atoms with Crippen LogP contribution in [0.15, 0.2) is 85.2 Å². The number of carbonyl (C=O) groups excluding carboxylic acids is 2. The Morgan fingerprint density at radius 3 is 1.66 bits per heavy atom.